The molecule has 0 bridgehead atoms. The molecule has 0 fully saturated rings. The summed E-state index contributed by atoms with van der Waals surface area (Å²) in [6, 6.07) is 12.5. The molecule has 2 aromatic carbocycles. The Balaban J connectivity index is 1.85. The first kappa shape index (κ1) is 19.8. The van der Waals surface area contributed by atoms with Gasteiger partial charge in [0.25, 0.3) is 5.91 Å². The number of carbonyl (C=O) groups excluding carboxylic acids is 2. The van der Waals surface area contributed by atoms with Gasteiger partial charge in [0.05, 0.1) is 14.2 Å². The first-order valence-corrected chi connectivity index (χ1v) is 8.72. The van der Waals surface area contributed by atoms with Crippen molar-refractivity contribution >= 4 is 46.2 Å². The molecule has 0 saturated carbocycles. The molecule has 6 nitrogen and oxygen atoms in total. The van der Waals surface area contributed by atoms with E-state index in [2.05, 4.69) is 27.9 Å². The van der Waals surface area contributed by atoms with Crippen molar-refractivity contribution in [2.45, 2.75) is 0 Å². The number of rotatable bonds is 7. The Hall–Kier alpha value is -2.55. The van der Waals surface area contributed by atoms with E-state index in [0.29, 0.717) is 17.2 Å². The highest BCUT2D eigenvalue weighted by molar-refractivity contribution is 14.1. The van der Waals surface area contributed by atoms with Crippen LogP contribution >= 0.6 is 22.6 Å². The van der Waals surface area contributed by atoms with E-state index in [0.717, 1.165) is 9.13 Å². The van der Waals surface area contributed by atoms with E-state index in [9.17, 15) is 9.59 Å². The van der Waals surface area contributed by atoms with Crippen molar-refractivity contribution in [1.82, 2.24) is 0 Å². The molecule has 136 valence electrons. The minimum absolute atomic E-state index is 0.360. The molecular weight excluding hydrogens is 449 g/mol. The third-order valence-corrected chi connectivity index (χ3v) is 4.01. The van der Waals surface area contributed by atoms with Crippen molar-refractivity contribution in [1.29, 1.82) is 0 Å². The van der Waals surface area contributed by atoms with Gasteiger partial charge in [0.1, 0.15) is 0 Å². The molecule has 0 aliphatic rings. The van der Waals surface area contributed by atoms with Crippen molar-refractivity contribution in [2.75, 3.05) is 26.1 Å². The molecule has 0 radical (unpaired) electrons. The topological polar surface area (TPSA) is 73.9 Å². The molecule has 0 aliphatic heterocycles. The maximum Gasteiger partial charge on any atom is 0.331 e. The van der Waals surface area contributed by atoms with E-state index in [-0.39, 0.29) is 6.61 Å². The Morgan fingerprint density at radius 1 is 1.04 bits per heavy atom. The highest BCUT2D eigenvalue weighted by atomic mass is 127. The van der Waals surface area contributed by atoms with Gasteiger partial charge in [0.15, 0.2) is 18.1 Å². The molecular formula is C19H18INO5. The van der Waals surface area contributed by atoms with Gasteiger partial charge >= 0.3 is 5.97 Å². The normalized spacial score (nSPS) is 10.4. The fraction of sp³-hybridized carbons (Fsp3) is 0.158. The number of ether oxygens (including phenoxy) is 3. The van der Waals surface area contributed by atoms with Crippen LogP contribution in [0.2, 0.25) is 0 Å². The average molecular weight is 467 g/mol. The zero-order valence-electron chi connectivity index (χ0n) is 14.3. The number of nitrogens with one attached hydrogen (secondary N) is 1. The van der Waals surface area contributed by atoms with Gasteiger partial charge in [-0.25, -0.2) is 4.79 Å². The highest BCUT2D eigenvalue weighted by Crippen LogP contribution is 2.27. The highest BCUT2D eigenvalue weighted by Gasteiger charge is 2.06. The smallest absolute Gasteiger partial charge is 0.331 e. The summed E-state index contributed by atoms with van der Waals surface area (Å²) in [4.78, 5) is 23.5. The van der Waals surface area contributed by atoms with Crippen molar-refractivity contribution < 1.29 is 23.8 Å². The van der Waals surface area contributed by atoms with Gasteiger partial charge in [0.2, 0.25) is 0 Å². The van der Waals surface area contributed by atoms with E-state index < -0.39 is 11.9 Å². The predicted octanol–water partition coefficient (Wildman–Crippen LogP) is 3.50. The molecule has 0 unspecified atom stereocenters. The Labute approximate surface area is 165 Å². The molecule has 26 heavy (non-hydrogen) atoms. The van der Waals surface area contributed by atoms with Gasteiger partial charge in [0, 0.05) is 15.3 Å². The van der Waals surface area contributed by atoms with Crippen molar-refractivity contribution in [3.05, 3.63) is 57.7 Å². The molecule has 0 atom stereocenters. The summed E-state index contributed by atoms with van der Waals surface area (Å²) < 4.78 is 16.3. The van der Waals surface area contributed by atoms with Gasteiger partial charge in [-0.1, -0.05) is 6.07 Å². The van der Waals surface area contributed by atoms with Crippen LogP contribution in [-0.4, -0.2) is 32.7 Å². The summed E-state index contributed by atoms with van der Waals surface area (Å²) in [5.74, 6) is 0.135. The number of amides is 1. The molecule has 7 heteroatoms. The number of hydrogen-bond acceptors (Lipinski definition) is 5. The molecule has 2 aromatic rings. The van der Waals surface area contributed by atoms with Gasteiger partial charge < -0.3 is 19.5 Å². The van der Waals surface area contributed by atoms with Crippen LogP contribution in [0, 0.1) is 3.57 Å². The van der Waals surface area contributed by atoms with Gasteiger partial charge in [-0.05, 0) is 70.6 Å². The Kier molecular flexibility index (Phi) is 7.46. The lowest BCUT2D eigenvalue weighted by molar-refractivity contribution is -0.142. The number of carbonyl (C=O) groups is 2. The Bertz CT molecular complexity index is 802. The largest absolute Gasteiger partial charge is 0.493 e. The summed E-state index contributed by atoms with van der Waals surface area (Å²) >= 11 is 2.17. The third-order valence-electron chi connectivity index (χ3n) is 3.29. The fourth-order valence-electron chi connectivity index (χ4n) is 2.04. The van der Waals surface area contributed by atoms with E-state index in [1.54, 1.807) is 43.5 Å². The first-order chi connectivity index (χ1) is 12.5. The van der Waals surface area contributed by atoms with E-state index in [1.807, 2.05) is 12.1 Å². The van der Waals surface area contributed by atoms with Crippen molar-refractivity contribution in [2.24, 2.45) is 0 Å². The quantitative estimate of drug-likeness (QED) is 0.384. The third kappa shape index (κ3) is 6.07. The van der Waals surface area contributed by atoms with E-state index in [1.165, 1.54) is 13.2 Å². The summed E-state index contributed by atoms with van der Waals surface area (Å²) in [7, 11) is 3.08. The van der Waals surface area contributed by atoms with Crippen molar-refractivity contribution in [3.8, 4) is 11.5 Å². The number of benzene rings is 2. The summed E-state index contributed by atoms with van der Waals surface area (Å²) in [5, 5.41) is 2.65. The maximum absolute atomic E-state index is 11.8. The zero-order chi connectivity index (χ0) is 18.9. The molecule has 0 heterocycles. The minimum Gasteiger partial charge on any atom is -0.493 e. The molecule has 0 saturated heterocycles. The molecule has 0 spiro atoms. The molecule has 0 aliphatic carbocycles. The van der Waals surface area contributed by atoms with E-state index >= 15 is 0 Å². The van der Waals surface area contributed by atoms with Crippen LogP contribution in [0.4, 0.5) is 5.69 Å². The Morgan fingerprint density at radius 3 is 2.38 bits per heavy atom. The van der Waals surface area contributed by atoms with Gasteiger partial charge in [-0.3, -0.25) is 4.79 Å². The molecule has 2 rings (SSSR count). The second-order valence-corrected chi connectivity index (χ2v) is 6.36. The van der Waals surface area contributed by atoms with Crippen LogP contribution in [0.3, 0.4) is 0 Å². The predicted molar refractivity (Wildman–Crippen MR) is 107 cm³/mol. The number of anilines is 1. The molecule has 0 aromatic heterocycles. The van der Waals surface area contributed by atoms with Crippen LogP contribution in [-0.2, 0) is 14.3 Å². The second kappa shape index (κ2) is 9.81. The number of halogens is 1. The van der Waals surface area contributed by atoms with Crippen LogP contribution in [0.1, 0.15) is 5.56 Å². The van der Waals surface area contributed by atoms with Crippen LogP contribution in [0.5, 0.6) is 11.5 Å². The van der Waals surface area contributed by atoms with E-state index in [4.69, 9.17) is 14.2 Å². The van der Waals surface area contributed by atoms with Crippen LogP contribution in [0.15, 0.2) is 48.5 Å². The molecule has 1 amide bonds. The van der Waals surface area contributed by atoms with Crippen molar-refractivity contribution in [3.63, 3.8) is 0 Å². The summed E-state index contributed by atoms with van der Waals surface area (Å²) in [5.41, 5.74) is 1.38. The number of esters is 1. The van der Waals surface area contributed by atoms with Crippen LogP contribution < -0.4 is 14.8 Å². The minimum atomic E-state index is -0.613. The van der Waals surface area contributed by atoms with Gasteiger partial charge in [-0.2, -0.15) is 0 Å². The zero-order valence-corrected chi connectivity index (χ0v) is 16.5. The second-order valence-electron chi connectivity index (χ2n) is 5.11. The fourth-order valence-corrected chi connectivity index (χ4v) is 2.40. The monoisotopic (exact) mass is 467 g/mol. The maximum atomic E-state index is 11.8. The Morgan fingerprint density at radius 2 is 1.73 bits per heavy atom. The number of methoxy groups -OCH3 is 2. The average Bonchev–Trinajstić information content (AvgIpc) is 2.66. The molecule has 1 N–H and O–H groups in total. The number of hydrogen-bond donors (Lipinski definition) is 1. The first-order valence-electron chi connectivity index (χ1n) is 7.64. The lowest BCUT2D eigenvalue weighted by Crippen LogP contribution is -2.20. The summed E-state index contributed by atoms with van der Waals surface area (Å²) in [6.45, 7) is -0.360. The van der Waals surface area contributed by atoms with Gasteiger partial charge in [-0.15, -0.1) is 0 Å². The van der Waals surface area contributed by atoms with Crippen LogP contribution in [0.25, 0.3) is 6.08 Å². The summed E-state index contributed by atoms with van der Waals surface area (Å²) in [6.07, 6.45) is 2.82. The standard InChI is InChI=1S/C19H18INO5/c1-24-16-9-3-13(11-17(16)25-2)4-10-19(23)26-12-18(22)21-15-7-5-14(20)6-8-15/h3-11H,12H2,1-2H3,(H,21,22). The lowest BCUT2D eigenvalue weighted by atomic mass is 10.2. The SMILES string of the molecule is COc1ccc(C=CC(=O)OCC(=O)Nc2ccc(I)cc2)cc1OC. The lowest BCUT2D eigenvalue weighted by Gasteiger charge is -2.07.